The Morgan fingerprint density at radius 1 is 1.11 bits per heavy atom. The fourth-order valence-corrected chi connectivity index (χ4v) is 1.88. The Hall–Kier alpha value is -1.16. The van der Waals surface area contributed by atoms with E-state index < -0.39 is 6.61 Å². The number of benzene rings is 1. The summed E-state index contributed by atoms with van der Waals surface area (Å²) in [6, 6.07) is 7.17. The quantitative estimate of drug-likeness (QED) is 0.756. The van der Waals surface area contributed by atoms with Gasteiger partial charge in [0, 0.05) is 6.04 Å². The fraction of sp³-hybridized carbons (Fsp3) is 0.571. The molecule has 0 aromatic heterocycles. The highest BCUT2D eigenvalue weighted by molar-refractivity contribution is 5.29. The molecule has 1 rings (SSSR count). The van der Waals surface area contributed by atoms with Crippen molar-refractivity contribution in [2.24, 2.45) is 0 Å². The molecule has 0 aliphatic rings. The first-order valence-corrected chi connectivity index (χ1v) is 6.45. The van der Waals surface area contributed by atoms with Crippen LogP contribution in [0.15, 0.2) is 24.3 Å². The second-order valence-corrected chi connectivity index (χ2v) is 4.24. The first kappa shape index (κ1) is 14.9. The SMILES string of the molecule is CCCNC(CCC)c1ccc(OC(F)F)cc1. The molecule has 18 heavy (non-hydrogen) atoms. The topological polar surface area (TPSA) is 21.3 Å². The van der Waals surface area contributed by atoms with Gasteiger partial charge in [-0.1, -0.05) is 32.4 Å². The average molecular weight is 257 g/mol. The van der Waals surface area contributed by atoms with Crippen LogP contribution in [0.25, 0.3) is 0 Å². The molecule has 2 nitrogen and oxygen atoms in total. The summed E-state index contributed by atoms with van der Waals surface area (Å²) in [5.41, 5.74) is 1.12. The normalized spacial score (nSPS) is 12.7. The molecule has 1 atom stereocenters. The predicted molar refractivity (Wildman–Crippen MR) is 69.0 cm³/mol. The van der Waals surface area contributed by atoms with Crippen molar-refractivity contribution in [1.29, 1.82) is 0 Å². The van der Waals surface area contributed by atoms with Crippen molar-refractivity contribution >= 4 is 0 Å². The van der Waals surface area contributed by atoms with Crippen molar-refractivity contribution in [2.75, 3.05) is 6.54 Å². The summed E-state index contributed by atoms with van der Waals surface area (Å²) in [6.45, 7) is 2.45. The average Bonchev–Trinajstić information content (AvgIpc) is 2.35. The fourth-order valence-electron chi connectivity index (χ4n) is 1.88. The lowest BCUT2D eigenvalue weighted by Gasteiger charge is -2.18. The predicted octanol–water partition coefficient (Wildman–Crippen LogP) is 4.13. The second-order valence-electron chi connectivity index (χ2n) is 4.24. The highest BCUT2D eigenvalue weighted by Crippen LogP contribution is 2.22. The summed E-state index contributed by atoms with van der Waals surface area (Å²) < 4.78 is 28.4. The second kappa shape index (κ2) is 8.03. The largest absolute Gasteiger partial charge is 0.435 e. The molecule has 0 heterocycles. The Morgan fingerprint density at radius 3 is 2.28 bits per heavy atom. The van der Waals surface area contributed by atoms with Crippen LogP contribution in [-0.4, -0.2) is 13.2 Å². The molecule has 1 unspecified atom stereocenters. The number of ether oxygens (including phenoxy) is 1. The first-order valence-electron chi connectivity index (χ1n) is 6.45. The van der Waals surface area contributed by atoms with E-state index in [4.69, 9.17) is 0 Å². The summed E-state index contributed by atoms with van der Waals surface area (Å²) in [7, 11) is 0. The smallest absolute Gasteiger partial charge is 0.387 e. The molecule has 0 aliphatic carbocycles. The lowest BCUT2D eigenvalue weighted by molar-refractivity contribution is -0.0498. The maximum atomic E-state index is 12.0. The van der Waals surface area contributed by atoms with Crippen LogP contribution in [0.5, 0.6) is 5.75 Å². The standard InChI is InChI=1S/C14H21F2NO/c1-3-5-13(17-10-4-2)11-6-8-12(9-7-11)18-14(15)16/h6-9,13-14,17H,3-5,10H2,1-2H3. The summed E-state index contributed by atoms with van der Waals surface area (Å²) in [5, 5.41) is 3.46. The molecule has 0 radical (unpaired) electrons. The number of hydrogen-bond donors (Lipinski definition) is 1. The Bertz CT molecular complexity index is 327. The van der Waals surface area contributed by atoms with Crippen LogP contribution in [0.4, 0.5) is 8.78 Å². The van der Waals surface area contributed by atoms with Crippen molar-refractivity contribution in [1.82, 2.24) is 5.32 Å². The van der Waals surface area contributed by atoms with Crippen LogP contribution in [0, 0.1) is 0 Å². The number of nitrogens with one attached hydrogen (secondary N) is 1. The van der Waals surface area contributed by atoms with Gasteiger partial charge in [0.05, 0.1) is 0 Å². The van der Waals surface area contributed by atoms with Gasteiger partial charge < -0.3 is 10.1 Å². The number of halogens is 2. The minimum absolute atomic E-state index is 0.208. The third-order valence-electron chi connectivity index (χ3n) is 2.73. The van der Waals surface area contributed by atoms with E-state index in [1.165, 1.54) is 0 Å². The zero-order valence-corrected chi connectivity index (χ0v) is 11.0. The molecule has 1 aromatic carbocycles. The molecule has 4 heteroatoms. The molecule has 1 N–H and O–H groups in total. The minimum Gasteiger partial charge on any atom is -0.435 e. The van der Waals surface area contributed by atoms with Crippen molar-refractivity contribution in [3.63, 3.8) is 0 Å². The third kappa shape index (κ3) is 5.00. The van der Waals surface area contributed by atoms with Crippen LogP contribution in [0.3, 0.4) is 0 Å². The van der Waals surface area contributed by atoms with Gasteiger partial charge in [0.1, 0.15) is 5.75 Å². The number of rotatable bonds is 8. The first-order chi connectivity index (χ1) is 8.67. The molecule has 0 aliphatic heterocycles. The summed E-state index contributed by atoms with van der Waals surface area (Å²) in [4.78, 5) is 0. The number of alkyl halides is 2. The maximum Gasteiger partial charge on any atom is 0.387 e. The molecule has 0 saturated heterocycles. The lowest BCUT2D eigenvalue weighted by Crippen LogP contribution is -2.21. The van der Waals surface area contributed by atoms with E-state index in [1.807, 2.05) is 12.1 Å². The van der Waals surface area contributed by atoms with Crippen LogP contribution in [-0.2, 0) is 0 Å². The van der Waals surface area contributed by atoms with Crippen molar-refractivity contribution < 1.29 is 13.5 Å². The Kier molecular flexibility index (Phi) is 6.65. The van der Waals surface area contributed by atoms with Gasteiger partial charge in [0.15, 0.2) is 0 Å². The van der Waals surface area contributed by atoms with Crippen molar-refractivity contribution in [3.05, 3.63) is 29.8 Å². The zero-order valence-electron chi connectivity index (χ0n) is 11.0. The molecule has 102 valence electrons. The molecule has 0 saturated carbocycles. The van der Waals surface area contributed by atoms with Crippen molar-refractivity contribution in [2.45, 2.75) is 45.8 Å². The van der Waals surface area contributed by atoms with Gasteiger partial charge in [0.2, 0.25) is 0 Å². The van der Waals surface area contributed by atoms with Gasteiger partial charge in [-0.25, -0.2) is 0 Å². The van der Waals surface area contributed by atoms with Crippen LogP contribution >= 0.6 is 0 Å². The van der Waals surface area contributed by atoms with Gasteiger partial charge in [-0.15, -0.1) is 0 Å². The van der Waals surface area contributed by atoms with Gasteiger partial charge >= 0.3 is 6.61 Å². The summed E-state index contributed by atoms with van der Waals surface area (Å²) >= 11 is 0. The maximum absolute atomic E-state index is 12.0. The molecule has 0 amide bonds. The molecular weight excluding hydrogens is 236 g/mol. The molecular formula is C14H21F2NO. The third-order valence-corrected chi connectivity index (χ3v) is 2.73. The monoisotopic (exact) mass is 257 g/mol. The Morgan fingerprint density at radius 2 is 1.78 bits per heavy atom. The molecule has 1 aromatic rings. The van der Waals surface area contributed by atoms with Crippen LogP contribution in [0.2, 0.25) is 0 Å². The van der Waals surface area contributed by atoms with Crippen LogP contribution < -0.4 is 10.1 Å². The van der Waals surface area contributed by atoms with Gasteiger partial charge in [-0.2, -0.15) is 8.78 Å². The Labute approximate surface area is 107 Å². The van der Waals surface area contributed by atoms with E-state index >= 15 is 0 Å². The van der Waals surface area contributed by atoms with Crippen LogP contribution in [0.1, 0.15) is 44.7 Å². The van der Waals surface area contributed by atoms with Gasteiger partial charge in [0.25, 0.3) is 0 Å². The van der Waals surface area contributed by atoms with E-state index in [9.17, 15) is 8.78 Å². The summed E-state index contributed by atoms with van der Waals surface area (Å²) in [6.07, 6.45) is 3.19. The van der Waals surface area contributed by atoms with Gasteiger partial charge in [-0.05, 0) is 37.1 Å². The van der Waals surface area contributed by atoms with E-state index in [0.29, 0.717) is 0 Å². The molecule has 0 spiro atoms. The van der Waals surface area contributed by atoms with Gasteiger partial charge in [-0.3, -0.25) is 0 Å². The zero-order chi connectivity index (χ0) is 13.4. The Balaban J connectivity index is 2.67. The molecule has 0 bridgehead atoms. The van der Waals surface area contributed by atoms with E-state index in [1.54, 1.807) is 12.1 Å². The molecule has 0 fully saturated rings. The number of hydrogen-bond acceptors (Lipinski definition) is 2. The van der Waals surface area contributed by atoms with Crippen molar-refractivity contribution in [3.8, 4) is 5.75 Å². The van der Waals surface area contributed by atoms with E-state index in [0.717, 1.165) is 31.4 Å². The highest BCUT2D eigenvalue weighted by atomic mass is 19.3. The van der Waals surface area contributed by atoms with E-state index in [-0.39, 0.29) is 11.8 Å². The lowest BCUT2D eigenvalue weighted by atomic mass is 10.0. The van der Waals surface area contributed by atoms with E-state index in [2.05, 4.69) is 23.9 Å². The minimum atomic E-state index is -2.76. The highest BCUT2D eigenvalue weighted by Gasteiger charge is 2.10. The summed E-state index contributed by atoms with van der Waals surface area (Å²) in [5.74, 6) is 0.208.